The molecule has 0 spiro atoms. The quantitative estimate of drug-likeness (QED) is 0.670. The lowest BCUT2D eigenvalue weighted by Gasteiger charge is -2.19. The van der Waals surface area contributed by atoms with Crippen LogP contribution in [0.5, 0.6) is 0 Å². The average Bonchev–Trinajstić information content (AvgIpc) is 2.71. The molecule has 2 aromatic heterocycles. The maximum Gasteiger partial charge on any atom is 0.334 e. The Labute approximate surface area is 140 Å². The Bertz CT molecular complexity index is 1060. The minimum atomic E-state index is -0.843. The summed E-state index contributed by atoms with van der Waals surface area (Å²) in [7, 11) is 0. The van der Waals surface area contributed by atoms with Crippen LogP contribution in [0.4, 0.5) is 4.39 Å². The molecule has 6 nitrogen and oxygen atoms in total. The average molecular weight is 347 g/mol. The molecule has 1 aliphatic heterocycles. The molecule has 24 heavy (non-hydrogen) atoms. The summed E-state index contributed by atoms with van der Waals surface area (Å²) in [5.41, 5.74) is -0.191. The predicted octanol–water partition coefficient (Wildman–Crippen LogP) is 2.51. The molecule has 8 heteroatoms. The van der Waals surface area contributed by atoms with Crippen molar-refractivity contribution in [1.82, 2.24) is 14.5 Å². The highest BCUT2D eigenvalue weighted by Gasteiger charge is 2.22. The van der Waals surface area contributed by atoms with Crippen molar-refractivity contribution in [2.24, 2.45) is 10.9 Å². The molecule has 2 aromatic rings. The minimum absolute atomic E-state index is 0.0434. The summed E-state index contributed by atoms with van der Waals surface area (Å²) >= 11 is 5.74. The van der Waals surface area contributed by atoms with Gasteiger partial charge >= 0.3 is 5.69 Å². The van der Waals surface area contributed by atoms with Gasteiger partial charge in [-0.1, -0.05) is 23.3 Å². The first kappa shape index (κ1) is 16.1. The molecule has 122 valence electrons. The minimum Gasteiger partial charge on any atom is -0.273 e. The Morgan fingerprint density at radius 3 is 2.92 bits per heavy atom. The van der Waals surface area contributed by atoms with E-state index in [1.54, 1.807) is 18.4 Å². The molecule has 1 N–H and O–H groups in total. The molecule has 3 rings (SSSR count). The number of hydrogen-bond acceptors (Lipinski definition) is 4. The van der Waals surface area contributed by atoms with Crippen molar-refractivity contribution in [3.8, 4) is 0 Å². The number of nitrogens with one attached hydrogen (secondary N) is 1. The van der Waals surface area contributed by atoms with Crippen molar-refractivity contribution in [2.75, 3.05) is 0 Å². The lowest BCUT2D eigenvalue weighted by molar-refractivity contribution is 0.623. The summed E-state index contributed by atoms with van der Waals surface area (Å²) in [5.74, 6) is -1.19. The zero-order valence-corrected chi connectivity index (χ0v) is 13.3. The summed E-state index contributed by atoms with van der Waals surface area (Å²) in [6, 6.07) is 0.950. The standard InChI is InChI=1S/C16H12ClFN4O2/c1-3-9-8(2)4-5-19-7-12(9)22-14-10(15(23)21-16(22)24)6-11(18)13(17)20-14/h3-7,9H,1H2,2H3,(H,21,23,24). The van der Waals surface area contributed by atoms with E-state index in [1.165, 1.54) is 6.20 Å². The molecule has 0 radical (unpaired) electrons. The number of hydrogen-bond donors (Lipinski definition) is 1. The second-order valence-corrected chi connectivity index (χ2v) is 5.56. The maximum absolute atomic E-state index is 13.7. The molecule has 0 saturated carbocycles. The van der Waals surface area contributed by atoms with Crippen LogP contribution in [0.15, 0.2) is 51.2 Å². The summed E-state index contributed by atoms with van der Waals surface area (Å²) < 4.78 is 14.8. The number of aromatic amines is 1. The van der Waals surface area contributed by atoms with E-state index in [9.17, 15) is 14.0 Å². The highest BCUT2D eigenvalue weighted by atomic mass is 35.5. The number of halogens is 2. The smallest absolute Gasteiger partial charge is 0.273 e. The van der Waals surface area contributed by atoms with Crippen LogP contribution in [0.1, 0.15) is 6.92 Å². The van der Waals surface area contributed by atoms with Gasteiger partial charge in [-0.2, -0.15) is 0 Å². The van der Waals surface area contributed by atoms with Gasteiger partial charge in [0.1, 0.15) is 0 Å². The van der Waals surface area contributed by atoms with Crippen LogP contribution in [-0.2, 0) is 0 Å². The number of rotatable bonds is 2. The molecule has 3 heterocycles. The molecule has 1 atom stereocenters. The predicted molar refractivity (Wildman–Crippen MR) is 91.8 cm³/mol. The van der Waals surface area contributed by atoms with E-state index >= 15 is 0 Å². The summed E-state index contributed by atoms with van der Waals surface area (Å²) in [5, 5.41) is -0.517. The number of fused-ring (bicyclic) bond motifs is 1. The highest BCUT2D eigenvalue weighted by molar-refractivity contribution is 6.29. The molecule has 0 bridgehead atoms. The van der Waals surface area contributed by atoms with Gasteiger partial charge in [0.25, 0.3) is 5.56 Å². The Balaban J connectivity index is 2.44. The molecule has 0 aromatic carbocycles. The number of nitrogens with zero attached hydrogens (tertiary/aromatic N) is 3. The molecule has 0 aliphatic carbocycles. The van der Waals surface area contributed by atoms with Gasteiger partial charge in [-0.15, -0.1) is 6.58 Å². The van der Waals surface area contributed by atoms with Crippen molar-refractivity contribution in [2.45, 2.75) is 6.92 Å². The van der Waals surface area contributed by atoms with Crippen LogP contribution in [0, 0.1) is 11.7 Å². The Hall–Kier alpha value is -2.80. The number of pyridine rings is 1. The topological polar surface area (TPSA) is 80.1 Å². The van der Waals surface area contributed by atoms with Gasteiger partial charge in [0.2, 0.25) is 0 Å². The van der Waals surface area contributed by atoms with Gasteiger partial charge in [-0.3, -0.25) is 14.8 Å². The fraction of sp³-hybridized carbons (Fsp3) is 0.125. The molecule has 0 amide bonds. The second kappa shape index (κ2) is 6.01. The lowest BCUT2D eigenvalue weighted by atomic mass is 9.97. The molecular formula is C16H12ClFN4O2. The van der Waals surface area contributed by atoms with E-state index in [0.29, 0.717) is 5.70 Å². The SMILES string of the molecule is C=CC1C(C)=CC=NC=C1n1c(=O)[nH]c(=O)c2cc(F)c(Cl)nc21. The van der Waals surface area contributed by atoms with Gasteiger partial charge < -0.3 is 0 Å². The first-order valence-electron chi connectivity index (χ1n) is 6.98. The molecule has 0 saturated heterocycles. The van der Waals surface area contributed by atoms with Crippen molar-refractivity contribution in [3.05, 3.63) is 68.4 Å². The van der Waals surface area contributed by atoms with E-state index in [1.807, 2.05) is 6.92 Å². The van der Waals surface area contributed by atoms with E-state index in [2.05, 4.69) is 21.5 Å². The van der Waals surface area contributed by atoms with Crippen molar-refractivity contribution in [3.63, 3.8) is 0 Å². The zero-order valence-electron chi connectivity index (χ0n) is 12.6. The number of allylic oxidation sites excluding steroid dienone is 4. The summed E-state index contributed by atoms with van der Waals surface area (Å²) in [4.78, 5) is 34.5. The van der Waals surface area contributed by atoms with Gasteiger partial charge in [-0.25, -0.2) is 18.7 Å². The van der Waals surface area contributed by atoms with Crippen molar-refractivity contribution in [1.29, 1.82) is 0 Å². The third kappa shape index (κ3) is 2.52. The lowest BCUT2D eigenvalue weighted by Crippen LogP contribution is -2.32. The first-order valence-corrected chi connectivity index (χ1v) is 7.36. The van der Waals surface area contributed by atoms with Crippen LogP contribution in [0.25, 0.3) is 16.7 Å². The Morgan fingerprint density at radius 1 is 1.46 bits per heavy atom. The van der Waals surface area contributed by atoms with Crippen LogP contribution in [0.3, 0.4) is 0 Å². The molecule has 0 fully saturated rings. The highest BCUT2D eigenvalue weighted by Crippen LogP contribution is 2.28. The third-order valence-electron chi connectivity index (χ3n) is 3.73. The fourth-order valence-electron chi connectivity index (χ4n) is 2.55. The third-order valence-corrected chi connectivity index (χ3v) is 3.99. The van der Waals surface area contributed by atoms with E-state index in [0.717, 1.165) is 16.2 Å². The van der Waals surface area contributed by atoms with Gasteiger partial charge in [0.05, 0.1) is 11.1 Å². The zero-order chi connectivity index (χ0) is 17.4. The van der Waals surface area contributed by atoms with Crippen molar-refractivity contribution < 1.29 is 4.39 Å². The summed E-state index contributed by atoms with van der Waals surface area (Å²) in [6.07, 6.45) is 6.48. The van der Waals surface area contributed by atoms with Crippen LogP contribution < -0.4 is 11.2 Å². The molecular weight excluding hydrogens is 335 g/mol. The van der Waals surface area contributed by atoms with Crippen LogP contribution in [0.2, 0.25) is 5.15 Å². The summed E-state index contributed by atoms with van der Waals surface area (Å²) in [6.45, 7) is 5.64. The molecule has 1 aliphatic rings. The first-order chi connectivity index (χ1) is 11.4. The number of aliphatic imine (C=N–C) groups is 1. The number of H-pyrrole nitrogens is 1. The van der Waals surface area contributed by atoms with Gasteiger partial charge in [0, 0.05) is 18.3 Å². The maximum atomic E-state index is 13.7. The van der Waals surface area contributed by atoms with Crippen molar-refractivity contribution >= 4 is 34.5 Å². The van der Waals surface area contributed by atoms with Gasteiger partial charge in [-0.05, 0) is 19.1 Å². The second-order valence-electron chi connectivity index (χ2n) is 5.20. The monoisotopic (exact) mass is 346 g/mol. The van der Waals surface area contributed by atoms with E-state index in [-0.39, 0.29) is 17.0 Å². The Morgan fingerprint density at radius 2 is 2.21 bits per heavy atom. The van der Waals surface area contributed by atoms with E-state index in [4.69, 9.17) is 11.6 Å². The largest absolute Gasteiger partial charge is 0.334 e. The Kier molecular flexibility index (Phi) is 4.02. The normalized spacial score (nSPS) is 17.4. The number of aromatic nitrogens is 3. The fourth-order valence-corrected chi connectivity index (χ4v) is 2.69. The molecule has 1 unspecified atom stereocenters. The van der Waals surface area contributed by atoms with Gasteiger partial charge in [0.15, 0.2) is 16.6 Å². The van der Waals surface area contributed by atoms with Crippen LogP contribution in [-0.4, -0.2) is 20.7 Å². The van der Waals surface area contributed by atoms with Crippen LogP contribution >= 0.6 is 11.6 Å². The van der Waals surface area contributed by atoms with E-state index < -0.39 is 22.2 Å².